The Labute approximate surface area is 89.3 Å². The van der Waals surface area contributed by atoms with Gasteiger partial charge in [-0.05, 0) is 25.8 Å². The average Bonchev–Trinajstić information content (AvgIpc) is 2.95. The van der Waals surface area contributed by atoms with Crippen LogP contribution in [-0.2, 0) is 9.59 Å². The Bertz CT molecular complexity index is 392. The van der Waals surface area contributed by atoms with E-state index in [1.165, 1.54) is 13.8 Å². The Hall–Kier alpha value is -1.44. The number of carbonyl (C=O) groups is 2. The number of benzene rings is 1. The molecule has 1 aromatic rings. The standard InChI is InChI=1S/C13H14O2/c1-9(14)13(10(2)15)8-12(13)11-6-4-3-5-7-11/h3-7,12H,8H2,1-2H3. The van der Waals surface area contributed by atoms with E-state index in [1.54, 1.807) is 0 Å². The zero-order valence-corrected chi connectivity index (χ0v) is 8.99. The van der Waals surface area contributed by atoms with Gasteiger partial charge in [0.15, 0.2) is 0 Å². The highest BCUT2D eigenvalue weighted by Gasteiger charge is 2.61. The Balaban J connectivity index is 2.31. The molecule has 2 heteroatoms. The van der Waals surface area contributed by atoms with Crippen molar-refractivity contribution in [3.05, 3.63) is 35.9 Å². The Morgan fingerprint density at radius 3 is 2.07 bits per heavy atom. The van der Waals surface area contributed by atoms with Crippen LogP contribution in [0.2, 0.25) is 0 Å². The molecule has 0 N–H and O–H groups in total. The van der Waals surface area contributed by atoms with Gasteiger partial charge in [0.2, 0.25) is 0 Å². The summed E-state index contributed by atoms with van der Waals surface area (Å²) in [5.41, 5.74) is 0.393. The van der Waals surface area contributed by atoms with Crippen LogP contribution in [0.1, 0.15) is 31.7 Å². The smallest absolute Gasteiger partial charge is 0.143 e. The zero-order chi connectivity index (χ0) is 11.1. The van der Waals surface area contributed by atoms with E-state index < -0.39 is 5.41 Å². The van der Waals surface area contributed by atoms with Gasteiger partial charge in [-0.3, -0.25) is 9.59 Å². The van der Waals surface area contributed by atoms with Crippen molar-refractivity contribution in [2.24, 2.45) is 5.41 Å². The van der Waals surface area contributed by atoms with Gasteiger partial charge in [-0.2, -0.15) is 0 Å². The molecule has 0 bridgehead atoms. The van der Waals surface area contributed by atoms with Gasteiger partial charge in [0.25, 0.3) is 0 Å². The van der Waals surface area contributed by atoms with E-state index in [-0.39, 0.29) is 17.5 Å². The average molecular weight is 202 g/mol. The molecule has 1 aliphatic carbocycles. The lowest BCUT2D eigenvalue weighted by Crippen LogP contribution is -2.23. The van der Waals surface area contributed by atoms with Crippen molar-refractivity contribution in [3.63, 3.8) is 0 Å². The first kappa shape index (κ1) is 10.1. The summed E-state index contributed by atoms with van der Waals surface area (Å²) in [5.74, 6) is 0.112. The summed E-state index contributed by atoms with van der Waals surface area (Å²) in [6.45, 7) is 3.04. The minimum atomic E-state index is -0.707. The van der Waals surface area contributed by atoms with E-state index in [1.807, 2.05) is 30.3 Å². The van der Waals surface area contributed by atoms with Gasteiger partial charge in [0, 0.05) is 5.92 Å². The van der Waals surface area contributed by atoms with Crippen LogP contribution in [0.4, 0.5) is 0 Å². The highest BCUT2D eigenvalue weighted by molar-refractivity contribution is 6.09. The second-order valence-electron chi connectivity index (χ2n) is 4.25. The minimum absolute atomic E-state index is 0.00357. The summed E-state index contributed by atoms with van der Waals surface area (Å²) in [6, 6.07) is 9.79. The van der Waals surface area contributed by atoms with Crippen LogP contribution in [0.5, 0.6) is 0 Å². The van der Waals surface area contributed by atoms with Gasteiger partial charge in [0.05, 0.1) is 5.41 Å². The lowest BCUT2D eigenvalue weighted by atomic mass is 9.91. The van der Waals surface area contributed by atoms with Crippen LogP contribution in [0.15, 0.2) is 30.3 Å². The summed E-state index contributed by atoms with van der Waals surface area (Å²) < 4.78 is 0. The van der Waals surface area contributed by atoms with E-state index in [9.17, 15) is 9.59 Å². The number of hydrogen-bond acceptors (Lipinski definition) is 2. The molecule has 0 heterocycles. The predicted molar refractivity (Wildman–Crippen MR) is 57.6 cm³/mol. The van der Waals surface area contributed by atoms with Gasteiger partial charge in [0.1, 0.15) is 11.6 Å². The first-order valence-electron chi connectivity index (χ1n) is 5.16. The molecule has 1 aromatic carbocycles. The monoisotopic (exact) mass is 202 g/mol. The van der Waals surface area contributed by atoms with Gasteiger partial charge in [-0.15, -0.1) is 0 Å². The first-order valence-corrected chi connectivity index (χ1v) is 5.16. The van der Waals surface area contributed by atoms with Crippen LogP contribution in [-0.4, -0.2) is 11.6 Å². The molecule has 78 valence electrons. The molecule has 1 fully saturated rings. The molecule has 1 saturated carbocycles. The van der Waals surface area contributed by atoms with Crippen molar-refractivity contribution in [3.8, 4) is 0 Å². The summed E-state index contributed by atoms with van der Waals surface area (Å²) in [5, 5.41) is 0. The topological polar surface area (TPSA) is 34.1 Å². The fraction of sp³-hybridized carbons (Fsp3) is 0.385. The number of carbonyl (C=O) groups excluding carboxylic acids is 2. The molecule has 1 aliphatic rings. The molecule has 0 saturated heterocycles. The Morgan fingerprint density at radius 1 is 1.13 bits per heavy atom. The maximum absolute atomic E-state index is 11.5. The number of rotatable bonds is 3. The normalized spacial score (nSPS) is 22.1. The van der Waals surface area contributed by atoms with Crippen molar-refractivity contribution >= 4 is 11.6 Å². The van der Waals surface area contributed by atoms with E-state index in [0.717, 1.165) is 5.56 Å². The lowest BCUT2D eigenvalue weighted by molar-refractivity contribution is -0.132. The number of hydrogen-bond donors (Lipinski definition) is 0. The largest absolute Gasteiger partial charge is 0.299 e. The van der Waals surface area contributed by atoms with Crippen LogP contribution in [0.25, 0.3) is 0 Å². The molecule has 0 amide bonds. The summed E-state index contributed by atoms with van der Waals surface area (Å²) in [7, 11) is 0. The fourth-order valence-electron chi connectivity index (χ4n) is 2.38. The number of ketones is 2. The third-order valence-electron chi connectivity index (χ3n) is 3.42. The molecule has 1 atom stereocenters. The molecular weight excluding hydrogens is 188 g/mol. The minimum Gasteiger partial charge on any atom is -0.299 e. The molecule has 0 spiro atoms. The van der Waals surface area contributed by atoms with Gasteiger partial charge in [-0.1, -0.05) is 30.3 Å². The molecule has 0 aromatic heterocycles. The summed E-state index contributed by atoms with van der Waals surface area (Å²) in [4.78, 5) is 23.1. The van der Waals surface area contributed by atoms with Crippen LogP contribution in [0.3, 0.4) is 0 Å². The Morgan fingerprint density at radius 2 is 1.67 bits per heavy atom. The van der Waals surface area contributed by atoms with Gasteiger partial charge >= 0.3 is 0 Å². The second-order valence-corrected chi connectivity index (χ2v) is 4.25. The molecule has 2 rings (SSSR count). The van der Waals surface area contributed by atoms with Gasteiger partial charge in [-0.25, -0.2) is 0 Å². The second kappa shape index (κ2) is 3.30. The highest BCUT2D eigenvalue weighted by atomic mass is 16.2. The third-order valence-corrected chi connectivity index (χ3v) is 3.42. The van der Waals surface area contributed by atoms with Crippen molar-refractivity contribution < 1.29 is 9.59 Å². The molecule has 15 heavy (non-hydrogen) atoms. The predicted octanol–water partition coefficient (Wildman–Crippen LogP) is 2.34. The Kier molecular flexibility index (Phi) is 2.22. The van der Waals surface area contributed by atoms with Crippen molar-refractivity contribution in [2.45, 2.75) is 26.2 Å². The van der Waals surface area contributed by atoms with Crippen LogP contribution >= 0.6 is 0 Å². The zero-order valence-electron chi connectivity index (χ0n) is 8.99. The molecule has 0 radical (unpaired) electrons. The first-order chi connectivity index (χ1) is 7.09. The third kappa shape index (κ3) is 1.41. The fourth-order valence-corrected chi connectivity index (χ4v) is 2.38. The maximum atomic E-state index is 11.5. The van der Waals surface area contributed by atoms with Gasteiger partial charge < -0.3 is 0 Å². The van der Waals surface area contributed by atoms with E-state index in [0.29, 0.717) is 6.42 Å². The van der Waals surface area contributed by atoms with Crippen molar-refractivity contribution in [1.82, 2.24) is 0 Å². The number of Topliss-reactive ketones (excluding diaryl/α,β-unsaturated/α-hetero) is 2. The molecule has 0 aliphatic heterocycles. The van der Waals surface area contributed by atoms with E-state index in [4.69, 9.17) is 0 Å². The SMILES string of the molecule is CC(=O)C1(C(C)=O)CC1c1ccccc1. The molecular formula is C13H14O2. The van der Waals surface area contributed by atoms with Crippen LogP contribution < -0.4 is 0 Å². The maximum Gasteiger partial charge on any atom is 0.143 e. The van der Waals surface area contributed by atoms with E-state index >= 15 is 0 Å². The van der Waals surface area contributed by atoms with Crippen molar-refractivity contribution in [1.29, 1.82) is 0 Å². The summed E-state index contributed by atoms with van der Waals surface area (Å²) >= 11 is 0. The molecule has 2 nitrogen and oxygen atoms in total. The lowest BCUT2D eigenvalue weighted by Gasteiger charge is -2.09. The van der Waals surface area contributed by atoms with Crippen LogP contribution in [0, 0.1) is 5.41 Å². The molecule has 1 unspecified atom stereocenters. The quantitative estimate of drug-likeness (QED) is 0.705. The summed E-state index contributed by atoms with van der Waals surface area (Å²) in [6.07, 6.45) is 0.682. The highest BCUT2D eigenvalue weighted by Crippen LogP contribution is 2.60. The van der Waals surface area contributed by atoms with Crippen molar-refractivity contribution in [2.75, 3.05) is 0 Å². The van der Waals surface area contributed by atoms with E-state index in [2.05, 4.69) is 0 Å².